The molecule has 3 heterocycles. The minimum Gasteiger partial charge on any atom is -0.507 e. The molecule has 1 aromatic carbocycles. The van der Waals surface area contributed by atoms with Gasteiger partial charge in [0.15, 0.2) is 0 Å². The van der Waals surface area contributed by atoms with Crippen molar-refractivity contribution in [2.45, 2.75) is 25.8 Å². The van der Waals surface area contributed by atoms with Crippen LogP contribution in [0.3, 0.4) is 0 Å². The zero-order valence-corrected chi connectivity index (χ0v) is 14.3. The van der Waals surface area contributed by atoms with Gasteiger partial charge in [-0.15, -0.1) is 10.2 Å². The van der Waals surface area contributed by atoms with Crippen LogP contribution in [0.4, 0.5) is 5.95 Å². The third kappa shape index (κ3) is 2.70. The SMILES string of the molecule is Cc1nc(N2CCC3CCNC[C@@H]32)nnc1-c1ccc(Cl)cc1O. The van der Waals surface area contributed by atoms with E-state index in [9.17, 15) is 5.11 Å². The highest BCUT2D eigenvalue weighted by atomic mass is 35.5. The molecule has 1 aromatic heterocycles. The zero-order valence-electron chi connectivity index (χ0n) is 13.5. The smallest absolute Gasteiger partial charge is 0.245 e. The Balaban J connectivity index is 1.65. The number of benzene rings is 1. The number of halogens is 1. The number of hydrogen-bond acceptors (Lipinski definition) is 6. The van der Waals surface area contributed by atoms with Crippen molar-refractivity contribution in [1.29, 1.82) is 0 Å². The first-order valence-electron chi connectivity index (χ1n) is 8.31. The zero-order chi connectivity index (χ0) is 16.7. The topological polar surface area (TPSA) is 74.2 Å². The normalized spacial score (nSPS) is 23.3. The first-order valence-corrected chi connectivity index (χ1v) is 8.69. The van der Waals surface area contributed by atoms with E-state index in [1.165, 1.54) is 18.9 Å². The van der Waals surface area contributed by atoms with Crippen molar-refractivity contribution >= 4 is 17.5 Å². The first-order chi connectivity index (χ1) is 11.6. The molecule has 2 saturated heterocycles. The fourth-order valence-electron chi connectivity index (χ4n) is 3.78. The van der Waals surface area contributed by atoms with Crippen molar-refractivity contribution in [2.24, 2.45) is 5.92 Å². The Morgan fingerprint density at radius 1 is 1.29 bits per heavy atom. The predicted molar refractivity (Wildman–Crippen MR) is 93.4 cm³/mol. The van der Waals surface area contributed by atoms with Gasteiger partial charge in [-0.3, -0.25) is 0 Å². The average Bonchev–Trinajstić information content (AvgIpc) is 2.99. The summed E-state index contributed by atoms with van der Waals surface area (Å²) in [6.45, 7) is 4.95. The molecule has 0 bridgehead atoms. The van der Waals surface area contributed by atoms with Crippen LogP contribution >= 0.6 is 11.6 Å². The summed E-state index contributed by atoms with van der Waals surface area (Å²) in [5.41, 5.74) is 1.94. The van der Waals surface area contributed by atoms with Crippen LogP contribution in [-0.2, 0) is 0 Å². The second-order valence-electron chi connectivity index (χ2n) is 6.51. The number of hydrogen-bond donors (Lipinski definition) is 2. The van der Waals surface area contributed by atoms with Crippen LogP contribution in [0.2, 0.25) is 5.02 Å². The van der Waals surface area contributed by atoms with Gasteiger partial charge < -0.3 is 15.3 Å². The molecule has 126 valence electrons. The van der Waals surface area contributed by atoms with Crippen LogP contribution in [0.5, 0.6) is 5.75 Å². The van der Waals surface area contributed by atoms with Crippen molar-refractivity contribution in [3.8, 4) is 17.0 Å². The van der Waals surface area contributed by atoms with Crippen molar-refractivity contribution in [3.05, 3.63) is 28.9 Å². The van der Waals surface area contributed by atoms with Gasteiger partial charge in [-0.1, -0.05) is 11.6 Å². The quantitative estimate of drug-likeness (QED) is 0.870. The van der Waals surface area contributed by atoms with Crippen molar-refractivity contribution < 1.29 is 5.11 Å². The fraction of sp³-hybridized carbons (Fsp3) is 0.471. The van der Waals surface area contributed by atoms with Gasteiger partial charge in [-0.2, -0.15) is 0 Å². The number of fused-ring (bicyclic) bond motifs is 1. The van der Waals surface area contributed by atoms with E-state index in [1.807, 2.05) is 6.92 Å². The van der Waals surface area contributed by atoms with Crippen LogP contribution in [0.15, 0.2) is 18.2 Å². The maximum Gasteiger partial charge on any atom is 0.245 e. The van der Waals surface area contributed by atoms with Gasteiger partial charge in [-0.05, 0) is 50.4 Å². The molecule has 2 aromatic rings. The molecule has 1 unspecified atom stereocenters. The third-order valence-corrected chi connectivity index (χ3v) is 5.29. The Hall–Kier alpha value is -1.92. The Morgan fingerprint density at radius 3 is 2.96 bits per heavy atom. The molecule has 2 atom stereocenters. The van der Waals surface area contributed by atoms with E-state index in [-0.39, 0.29) is 5.75 Å². The van der Waals surface area contributed by atoms with E-state index in [4.69, 9.17) is 11.6 Å². The van der Waals surface area contributed by atoms with E-state index >= 15 is 0 Å². The Labute approximate surface area is 145 Å². The Kier molecular flexibility index (Phi) is 4.02. The fourth-order valence-corrected chi connectivity index (χ4v) is 3.95. The molecule has 24 heavy (non-hydrogen) atoms. The number of phenolic OH excluding ortho intramolecular Hbond substituents is 1. The largest absolute Gasteiger partial charge is 0.507 e. The van der Waals surface area contributed by atoms with Crippen LogP contribution in [0.25, 0.3) is 11.3 Å². The summed E-state index contributed by atoms with van der Waals surface area (Å²) in [5.74, 6) is 1.49. The molecule has 2 N–H and O–H groups in total. The number of phenols is 1. The Bertz CT molecular complexity index is 769. The molecular weight excluding hydrogens is 326 g/mol. The van der Waals surface area contributed by atoms with E-state index in [1.54, 1.807) is 12.1 Å². The summed E-state index contributed by atoms with van der Waals surface area (Å²) in [5, 5.41) is 22.7. The van der Waals surface area contributed by atoms with Crippen LogP contribution in [0, 0.1) is 12.8 Å². The average molecular weight is 346 g/mol. The number of rotatable bonds is 2. The molecule has 0 saturated carbocycles. The monoisotopic (exact) mass is 345 g/mol. The number of nitrogens with zero attached hydrogens (tertiary/aromatic N) is 4. The number of aryl methyl sites for hydroxylation is 1. The Morgan fingerprint density at radius 2 is 2.17 bits per heavy atom. The minimum atomic E-state index is 0.0900. The van der Waals surface area contributed by atoms with E-state index < -0.39 is 0 Å². The molecule has 2 aliphatic heterocycles. The molecule has 6 nitrogen and oxygen atoms in total. The van der Waals surface area contributed by atoms with Gasteiger partial charge in [0, 0.05) is 29.7 Å². The summed E-state index contributed by atoms with van der Waals surface area (Å²) in [7, 11) is 0. The number of aromatic hydroxyl groups is 1. The number of aromatic nitrogens is 3. The lowest BCUT2D eigenvalue weighted by molar-refractivity contribution is 0.357. The lowest BCUT2D eigenvalue weighted by atomic mass is 9.93. The summed E-state index contributed by atoms with van der Waals surface area (Å²) in [4.78, 5) is 6.93. The molecule has 0 aliphatic carbocycles. The van der Waals surface area contributed by atoms with Crippen LogP contribution in [-0.4, -0.2) is 46.0 Å². The van der Waals surface area contributed by atoms with Crippen molar-refractivity contribution in [2.75, 3.05) is 24.5 Å². The lowest BCUT2D eigenvalue weighted by Gasteiger charge is -2.32. The molecule has 2 aliphatic rings. The van der Waals surface area contributed by atoms with E-state index in [0.29, 0.717) is 28.3 Å². The van der Waals surface area contributed by atoms with Gasteiger partial charge in [-0.25, -0.2) is 4.98 Å². The molecule has 2 fully saturated rings. The second kappa shape index (κ2) is 6.18. The predicted octanol–water partition coefficient (Wildman–Crippen LogP) is 2.39. The van der Waals surface area contributed by atoms with Gasteiger partial charge in [0.05, 0.1) is 5.69 Å². The highest BCUT2D eigenvalue weighted by molar-refractivity contribution is 6.30. The highest BCUT2D eigenvalue weighted by Gasteiger charge is 2.37. The van der Waals surface area contributed by atoms with Gasteiger partial charge >= 0.3 is 0 Å². The molecule has 7 heteroatoms. The first kappa shape index (κ1) is 15.6. The molecule has 4 rings (SSSR count). The minimum absolute atomic E-state index is 0.0900. The summed E-state index contributed by atoms with van der Waals surface area (Å²) in [6, 6.07) is 5.43. The highest BCUT2D eigenvalue weighted by Crippen LogP contribution is 2.34. The van der Waals surface area contributed by atoms with E-state index in [2.05, 4.69) is 25.4 Å². The second-order valence-corrected chi connectivity index (χ2v) is 6.95. The summed E-state index contributed by atoms with van der Waals surface area (Å²) < 4.78 is 0. The molecule has 0 radical (unpaired) electrons. The van der Waals surface area contributed by atoms with Crippen LogP contribution < -0.4 is 10.2 Å². The maximum absolute atomic E-state index is 10.1. The lowest BCUT2D eigenvalue weighted by Crippen LogP contribution is -2.46. The molecule has 0 spiro atoms. The summed E-state index contributed by atoms with van der Waals surface area (Å²) in [6.07, 6.45) is 2.40. The molecular formula is C17H20ClN5O. The molecule has 0 amide bonds. The maximum atomic E-state index is 10.1. The third-order valence-electron chi connectivity index (χ3n) is 5.05. The summed E-state index contributed by atoms with van der Waals surface area (Å²) >= 11 is 5.90. The number of nitrogens with one attached hydrogen (secondary N) is 1. The van der Waals surface area contributed by atoms with E-state index in [0.717, 1.165) is 31.2 Å². The van der Waals surface area contributed by atoms with Crippen molar-refractivity contribution in [1.82, 2.24) is 20.5 Å². The van der Waals surface area contributed by atoms with Gasteiger partial charge in [0.1, 0.15) is 11.4 Å². The van der Waals surface area contributed by atoms with Gasteiger partial charge in [0.2, 0.25) is 5.95 Å². The van der Waals surface area contributed by atoms with Crippen molar-refractivity contribution in [3.63, 3.8) is 0 Å². The number of anilines is 1. The standard InChI is InChI=1S/C17H20ClN5O/c1-10-16(13-3-2-12(18)8-15(13)24)21-22-17(20-10)23-7-5-11-4-6-19-9-14(11)23/h2-3,8,11,14,19,24H,4-7,9H2,1H3/t11?,14-/m0/s1. The number of piperidine rings is 1. The van der Waals surface area contributed by atoms with Gasteiger partial charge in [0.25, 0.3) is 0 Å². The van der Waals surface area contributed by atoms with Crippen LogP contribution in [0.1, 0.15) is 18.5 Å².